The smallest absolute Gasteiger partial charge is 0.460 e. The number of aliphatic hydroxyl groups is 1. The second kappa shape index (κ2) is 16.8. The molecule has 0 rings (SSSR count). The maximum Gasteiger partial charge on any atom is 0.460 e. The summed E-state index contributed by atoms with van der Waals surface area (Å²) in [5.74, 6) is -81.9. The van der Waals surface area contributed by atoms with Crippen LogP contribution in [0.4, 0.5) is 114 Å². The average Bonchev–Trinajstić information content (AvgIpc) is 2.98. The minimum Gasteiger partial charge on any atom is -0.465 e. The summed E-state index contributed by atoms with van der Waals surface area (Å²) in [6.07, 6.45) is -22.7. The number of aliphatic hydroxyl groups excluding tert-OH is 1. The van der Waals surface area contributed by atoms with Crippen LogP contribution in [0.25, 0.3) is 0 Å². The van der Waals surface area contributed by atoms with Gasteiger partial charge in [-0.15, -0.1) is 0 Å². The summed E-state index contributed by atoms with van der Waals surface area (Å²) in [7, 11) is 0. The van der Waals surface area contributed by atoms with E-state index in [2.05, 4.69) is 16.1 Å². The van der Waals surface area contributed by atoms with E-state index in [0.29, 0.717) is 13.8 Å². The average molecular weight is 910 g/mol. The van der Waals surface area contributed by atoms with Crippen molar-refractivity contribution in [3.8, 4) is 0 Å². The lowest BCUT2D eigenvalue weighted by molar-refractivity contribution is -0.440. The molecule has 0 aromatic carbocycles. The first-order chi connectivity index (χ1) is 24.6. The van der Waals surface area contributed by atoms with Crippen molar-refractivity contribution < 1.29 is 138 Å². The zero-order chi connectivity index (χ0) is 46.9. The van der Waals surface area contributed by atoms with Crippen LogP contribution in [0.1, 0.15) is 40.0 Å². The second-order valence-electron chi connectivity index (χ2n) is 11.8. The highest BCUT2D eigenvalue weighted by Gasteiger charge is 2.92. The van der Waals surface area contributed by atoms with Gasteiger partial charge in [0.2, 0.25) is 0 Å². The van der Waals surface area contributed by atoms with E-state index in [1.165, 1.54) is 0 Å². The Morgan fingerprint density at radius 1 is 0.474 bits per heavy atom. The largest absolute Gasteiger partial charge is 0.465 e. The van der Waals surface area contributed by atoms with Crippen molar-refractivity contribution in [3.05, 3.63) is 12.2 Å². The minimum absolute atomic E-state index is 0.250. The molecule has 0 atom stereocenters. The maximum absolute atomic E-state index is 13.9. The van der Waals surface area contributed by atoms with Crippen molar-refractivity contribution in [1.29, 1.82) is 0 Å². The number of carbonyl (C=O) groups is 2. The molecule has 340 valence electrons. The molecule has 0 aliphatic rings. The Morgan fingerprint density at radius 3 is 0.982 bits per heavy atom. The van der Waals surface area contributed by atoms with Gasteiger partial charge in [-0.05, 0) is 27.2 Å². The third-order valence-corrected chi connectivity index (χ3v) is 6.79. The van der Waals surface area contributed by atoms with Gasteiger partial charge in [0.15, 0.2) is 0 Å². The summed E-state index contributed by atoms with van der Waals surface area (Å²) in [4.78, 5) is 24.0. The van der Waals surface area contributed by atoms with Crippen molar-refractivity contribution in [2.45, 2.75) is 112 Å². The molecule has 31 heteroatoms. The molecule has 0 saturated heterocycles. The van der Waals surface area contributed by atoms with Crippen LogP contribution in [-0.2, 0) is 19.1 Å². The SMILES string of the molecule is C=C(CC(C)(C)C(=O)OCCC(F)(F)C(F)(F)C(F)(F)C(F)(F)C(F)(F)C(F)(F)F)C(=O)OCCC(F)(F)C(F)(F)C(F)(F)C(F)(F)C(F)(F)C(F)(F)F.CCO. The molecule has 1 N–H and O–H groups in total. The lowest BCUT2D eigenvalue weighted by Crippen LogP contribution is -2.70. The Hall–Kier alpha value is -3.18. The molecule has 0 amide bonds. The van der Waals surface area contributed by atoms with Crippen molar-refractivity contribution in [2.75, 3.05) is 19.8 Å². The van der Waals surface area contributed by atoms with E-state index in [1.807, 2.05) is 0 Å². The van der Waals surface area contributed by atoms with Crippen LogP contribution in [-0.4, -0.2) is 108 Å². The molecule has 0 radical (unpaired) electrons. The molecular weight excluding hydrogens is 886 g/mol. The van der Waals surface area contributed by atoms with Gasteiger partial charge in [-0.25, -0.2) is 4.79 Å². The summed E-state index contributed by atoms with van der Waals surface area (Å²) < 4.78 is 350. The van der Waals surface area contributed by atoms with Crippen LogP contribution in [0.5, 0.6) is 0 Å². The molecule has 0 aliphatic carbocycles. The highest BCUT2D eigenvalue weighted by atomic mass is 19.4. The van der Waals surface area contributed by atoms with E-state index >= 15 is 0 Å². The van der Waals surface area contributed by atoms with Crippen molar-refractivity contribution in [3.63, 3.8) is 0 Å². The molecule has 0 unspecified atom stereocenters. The molecular formula is C26H24F26O5. The summed E-state index contributed by atoms with van der Waals surface area (Å²) in [5, 5.41) is 7.57. The Balaban J connectivity index is 0. The molecule has 0 spiro atoms. The van der Waals surface area contributed by atoms with Gasteiger partial charge in [-0.2, -0.15) is 114 Å². The third kappa shape index (κ3) is 10.2. The van der Waals surface area contributed by atoms with Crippen LogP contribution in [0.2, 0.25) is 0 Å². The fourth-order valence-electron chi connectivity index (χ4n) is 3.44. The number of hydrogen-bond acceptors (Lipinski definition) is 5. The molecule has 0 heterocycles. The van der Waals surface area contributed by atoms with Gasteiger partial charge in [0, 0.05) is 12.2 Å². The standard InChI is InChI=1S/C24H18F26O4.C2H6O/c1-9(10(51)53-6-4-13(25,26)15(29,30)17(33,34)19(37,38)21(41,42)23(45,46)47)8-12(2,3)11(52)54-7-5-14(27,28)16(31,32)18(35,36)20(39,40)22(43,44)24(48,49)50;1-2-3/h1,4-8H2,2-3H3;3H,2H2,1H3. The second-order valence-corrected chi connectivity index (χ2v) is 11.8. The summed E-state index contributed by atoms with van der Waals surface area (Å²) in [5.41, 5.74) is -3.69. The molecule has 0 saturated carbocycles. The van der Waals surface area contributed by atoms with E-state index < -0.39 is 127 Å². The fraction of sp³-hybridized carbons (Fsp3) is 0.846. The number of hydrogen-bond donors (Lipinski definition) is 1. The van der Waals surface area contributed by atoms with Crippen LogP contribution in [0, 0.1) is 5.41 Å². The first kappa shape index (κ1) is 55.9. The summed E-state index contributed by atoms with van der Waals surface area (Å²) in [6, 6.07) is 0. The number of carbonyl (C=O) groups excluding carboxylic acids is 2. The Bertz CT molecular complexity index is 1400. The predicted molar refractivity (Wildman–Crippen MR) is 133 cm³/mol. The zero-order valence-corrected chi connectivity index (χ0v) is 27.9. The quantitative estimate of drug-likeness (QED) is 0.0843. The molecule has 0 aliphatic heterocycles. The number of rotatable bonds is 18. The van der Waals surface area contributed by atoms with Gasteiger partial charge in [-0.3, -0.25) is 4.79 Å². The Morgan fingerprint density at radius 2 is 0.719 bits per heavy atom. The van der Waals surface area contributed by atoms with E-state index in [4.69, 9.17) is 5.11 Å². The van der Waals surface area contributed by atoms with Gasteiger partial charge in [0.05, 0.1) is 31.5 Å². The highest BCUT2D eigenvalue weighted by molar-refractivity contribution is 5.89. The van der Waals surface area contributed by atoms with Gasteiger partial charge in [-0.1, -0.05) is 6.58 Å². The molecule has 0 bridgehead atoms. The van der Waals surface area contributed by atoms with Crippen LogP contribution >= 0.6 is 0 Å². The van der Waals surface area contributed by atoms with Crippen LogP contribution in [0.3, 0.4) is 0 Å². The molecule has 57 heavy (non-hydrogen) atoms. The maximum atomic E-state index is 13.9. The molecule has 0 aromatic rings. The highest BCUT2D eigenvalue weighted by Crippen LogP contribution is 2.62. The van der Waals surface area contributed by atoms with E-state index in [9.17, 15) is 124 Å². The van der Waals surface area contributed by atoms with E-state index in [1.54, 1.807) is 6.92 Å². The zero-order valence-electron chi connectivity index (χ0n) is 27.9. The fourth-order valence-corrected chi connectivity index (χ4v) is 3.44. The Kier molecular flexibility index (Phi) is 16.5. The van der Waals surface area contributed by atoms with Crippen molar-refractivity contribution in [1.82, 2.24) is 0 Å². The molecule has 0 fully saturated rings. The normalized spacial score (nSPS) is 15.1. The Labute approximate surface area is 300 Å². The van der Waals surface area contributed by atoms with Gasteiger partial charge < -0.3 is 14.6 Å². The van der Waals surface area contributed by atoms with Gasteiger partial charge in [0.25, 0.3) is 0 Å². The number of esters is 2. The molecule has 5 nitrogen and oxygen atoms in total. The summed E-state index contributed by atoms with van der Waals surface area (Å²) >= 11 is 0. The van der Waals surface area contributed by atoms with Crippen LogP contribution < -0.4 is 0 Å². The van der Waals surface area contributed by atoms with Crippen molar-refractivity contribution in [2.24, 2.45) is 5.41 Å². The minimum atomic E-state index is -8.23. The monoisotopic (exact) mass is 910 g/mol. The van der Waals surface area contributed by atoms with Crippen LogP contribution in [0.15, 0.2) is 12.2 Å². The van der Waals surface area contributed by atoms with E-state index in [0.717, 1.165) is 0 Å². The number of ether oxygens (including phenoxy) is 2. The van der Waals surface area contributed by atoms with Gasteiger partial charge >= 0.3 is 83.5 Å². The van der Waals surface area contributed by atoms with E-state index in [-0.39, 0.29) is 6.61 Å². The lowest BCUT2D eigenvalue weighted by Gasteiger charge is -2.39. The van der Waals surface area contributed by atoms with Crippen molar-refractivity contribution >= 4 is 11.9 Å². The number of halogens is 26. The van der Waals surface area contributed by atoms with Gasteiger partial charge in [0.1, 0.15) is 0 Å². The summed E-state index contributed by atoms with van der Waals surface area (Å²) in [6.45, 7) is 1.30. The topological polar surface area (TPSA) is 72.8 Å². The first-order valence-corrected chi connectivity index (χ1v) is 14.1. The molecule has 0 aromatic heterocycles. The lowest BCUT2D eigenvalue weighted by atomic mass is 9.86. The first-order valence-electron chi connectivity index (χ1n) is 14.1. The third-order valence-electron chi connectivity index (χ3n) is 6.79. The number of alkyl halides is 26. The predicted octanol–water partition coefficient (Wildman–Crippen LogP) is 10.3.